The molecule has 3 rings (SSSR count). The summed E-state index contributed by atoms with van der Waals surface area (Å²) in [5, 5.41) is 15.9. The number of nitrogens with one attached hydrogen (secondary N) is 1. The van der Waals surface area contributed by atoms with Crippen LogP contribution in [0.4, 0.5) is 5.69 Å². The fourth-order valence-electron chi connectivity index (χ4n) is 2.21. The van der Waals surface area contributed by atoms with Gasteiger partial charge in [-0.15, -0.1) is 0 Å². The Balaban J connectivity index is 2.32. The highest BCUT2D eigenvalue weighted by atomic mass is 79.9. The van der Waals surface area contributed by atoms with Crippen LogP contribution in [0.25, 0.3) is 0 Å². The Labute approximate surface area is 126 Å². The predicted molar refractivity (Wildman–Crippen MR) is 73.5 cm³/mol. The second kappa shape index (κ2) is 4.52. The molecule has 7 nitrogen and oxygen atoms in total. The fourth-order valence-corrected chi connectivity index (χ4v) is 2.64. The number of hydrogen-bond donors (Lipinski definition) is 2. The molecule has 2 aromatic rings. The maximum Gasteiger partial charge on any atom is 0.236 e. The van der Waals surface area contributed by atoms with E-state index in [0.717, 1.165) is 0 Å². The van der Waals surface area contributed by atoms with Gasteiger partial charge < -0.3 is 14.9 Å². The smallest absolute Gasteiger partial charge is 0.236 e. The molecule has 0 spiro atoms. The number of benzene rings is 1. The summed E-state index contributed by atoms with van der Waals surface area (Å²) in [5.41, 5.74) is -0.161. The highest BCUT2D eigenvalue weighted by Gasteiger charge is 2.39. The molecule has 106 valence electrons. The molecule has 0 unspecified atom stereocenters. The van der Waals surface area contributed by atoms with Gasteiger partial charge in [0.1, 0.15) is 11.3 Å². The van der Waals surface area contributed by atoms with Gasteiger partial charge in [-0.05, 0) is 28.1 Å². The molecule has 0 aliphatic heterocycles. The van der Waals surface area contributed by atoms with Crippen molar-refractivity contribution < 1.29 is 24.0 Å². The van der Waals surface area contributed by atoms with Crippen LogP contribution in [0.3, 0.4) is 0 Å². The number of amides is 1. The zero-order valence-corrected chi connectivity index (χ0v) is 12.1. The molecule has 1 aliphatic carbocycles. The van der Waals surface area contributed by atoms with Crippen LogP contribution in [0, 0.1) is 0 Å². The van der Waals surface area contributed by atoms with Gasteiger partial charge in [-0.1, -0.05) is 5.16 Å². The number of halogens is 1. The number of carbonyl (C=O) groups excluding carboxylic acids is 3. The molecule has 1 aromatic carbocycles. The molecule has 2 N–H and O–H groups in total. The first kappa shape index (κ1) is 13.5. The van der Waals surface area contributed by atoms with E-state index >= 15 is 0 Å². The molecule has 0 bridgehead atoms. The van der Waals surface area contributed by atoms with Crippen LogP contribution in [0.15, 0.2) is 21.3 Å². The lowest BCUT2D eigenvalue weighted by molar-refractivity contribution is -0.114. The number of anilines is 1. The molecule has 1 amide bonds. The number of ketones is 2. The van der Waals surface area contributed by atoms with Gasteiger partial charge in [0.05, 0.1) is 16.8 Å². The van der Waals surface area contributed by atoms with Crippen LogP contribution in [0.1, 0.15) is 39.0 Å². The molecule has 0 atom stereocenters. The number of rotatable bonds is 1. The van der Waals surface area contributed by atoms with E-state index in [2.05, 4.69) is 26.4 Å². The minimum absolute atomic E-state index is 0.0234. The Bertz CT molecular complexity index is 824. The van der Waals surface area contributed by atoms with Gasteiger partial charge in [0, 0.05) is 6.92 Å². The number of carbonyl (C=O) groups is 3. The van der Waals surface area contributed by atoms with E-state index in [9.17, 15) is 19.5 Å². The predicted octanol–water partition coefficient (Wildman–Crippen LogP) is 1.88. The van der Waals surface area contributed by atoms with Crippen LogP contribution in [-0.2, 0) is 4.79 Å². The van der Waals surface area contributed by atoms with Crippen LogP contribution in [0.5, 0.6) is 5.75 Å². The molecule has 0 saturated carbocycles. The van der Waals surface area contributed by atoms with E-state index in [-0.39, 0.29) is 38.5 Å². The Morgan fingerprint density at radius 2 is 1.95 bits per heavy atom. The summed E-state index contributed by atoms with van der Waals surface area (Å²) in [5.74, 6) is -2.24. The van der Waals surface area contributed by atoms with Crippen molar-refractivity contribution in [3.63, 3.8) is 0 Å². The highest BCUT2D eigenvalue weighted by molar-refractivity contribution is 9.10. The first-order valence-electron chi connectivity index (χ1n) is 5.80. The van der Waals surface area contributed by atoms with Gasteiger partial charge in [-0.25, -0.2) is 0 Å². The van der Waals surface area contributed by atoms with E-state index < -0.39 is 17.5 Å². The van der Waals surface area contributed by atoms with E-state index in [1.165, 1.54) is 19.1 Å². The number of aromatic nitrogens is 1. The Morgan fingerprint density at radius 1 is 1.24 bits per heavy atom. The number of phenols is 1. The van der Waals surface area contributed by atoms with Gasteiger partial charge in [-0.3, -0.25) is 14.4 Å². The van der Waals surface area contributed by atoms with Gasteiger partial charge in [0.2, 0.25) is 23.2 Å². The van der Waals surface area contributed by atoms with Crippen molar-refractivity contribution >= 4 is 39.1 Å². The Kier molecular flexibility index (Phi) is 2.91. The number of hydrogen-bond acceptors (Lipinski definition) is 6. The van der Waals surface area contributed by atoms with Crippen LogP contribution in [-0.4, -0.2) is 27.7 Å². The second-order valence-electron chi connectivity index (χ2n) is 4.40. The fraction of sp³-hybridized carbons (Fsp3) is 0.0769. The minimum Gasteiger partial charge on any atom is -0.507 e. The Hall–Kier alpha value is -2.48. The topological polar surface area (TPSA) is 110 Å². The third-order valence-electron chi connectivity index (χ3n) is 3.03. The lowest BCUT2D eigenvalue weighted by Gasteiger charge is -2.17. The number of nitrogens with zero attached hydrogens (tertiary/aromatic N) is 1. The van der Waals surface area contributed by atoms with Gasteiger partial charge >= 0.3 is 0 Å². The number of aromatic hydroxyl groups is 1. The molecule has 1 aliphatic rings. The highest BCUT2D eigenvalue weighted by Crippen LogP contribution is 2.39. The van der Waals surface area contributed by atoms with Crippen molar-refractivity contribution in [3.8, 4) is 5.75 Å². The van der Waals surface area contributed by atoms with Crippen molar-refractivity contribution in [3.05, 3.63) is 39.2 Å². The number of phenolic OH excluding ortho intramolecular Hbond substituents is 1. The zero-order valence-electron chi connectivity index (χ0n) is 10.6. The SMILES string of the molecule is CC(=O)Nc1ccc(O)c2c1C(=O)c1c(Br)noc1C2=O. The molecule has 21 heavy (non-hydrogen) atoms. The molecule has 1 heterocycles. The molecular formula is C13H7BrN2O5. The summed E-state index contributed by atoms with van der Waals surface area (Å²) < 4.78 is 4.93. The Morgan fingerprint density at radius 3 is 2.62 bits per heavy atom. The molecule has 8 heteroatoms. The monoisotopic (exact) mass is 350 g/mol. The van der Waals surface area contributed by atoms with Gasteiger partial charge in [0.25, 0.3) is 0 Å². The van der Waals surface area contributed by atoms with E-state index in [4.69, 9.17) is 4.52 Å². The maximum atomic E-state index is 12.5. The normalized spacial score (nSPS) is 12.9. The lowest BCUT2D eigenvalue weighted by atomic mass is 9.87. The molecule has 0 radical (unpaired) electrons. The van der Waals surface area contributed by atoms with Crippen LogP contribution >= 0.6 is 15.9 Å². The molecule has 0 fully saturated rings. The van der Waals surface area contributed by atoms with Crippen LogP contribution in [0.2, 0.25) is 0 Å². The quantitative estimate of drug-likeness (QED) is 0.648. The average Bonchev–Trinajstić information content (AvgIpc) is 2.80. The minimum atomic E-state index is -0.664. The third-order valence-corrected chi connectivity index (χ3v) is 3.57. The summed E-state index contributed by atoms with van der Waals surface area (Å²) in [4.78, 5) is 36.1. The molecule has 0 saturated heterocycles. The summed E-state index contributed by atoms with van der Waals surface area (Å²) in [6.07, 6.45) is 0. The first-order chi connectivity index (χ1) is 9.91. The zero-order chi connectivity index (χ0) is 15.3. The summed E-state index contributed by atoms with van der Waals surface area (Å²) in [6.45, 7) is 1.27. The van der Waals surface area contributed by atoms with Gasteiger partial charge in [0.15, 0.2) is 4.60 Å². The van der Waals surface area contributed by atoms with Crippen molar-refractivity contribution in [1.82, 2.24) is 5.16 Å². The summed E-state index contributed by atoms with van der Waals surface area (Å²) in [6, 6.07) is 2.58. The van der Waals surface area contributed by atoms with E-state index in [1.807, 2.05) is 0 Å². The average molecular weight is 351 g/mol. The molecular weight excluding hydrogens is 344 g/mol. The van der Waals surface area contributed by atoms with E-state index in [0.29, 0.717) is 0 Å². The second-order valence-corrected chi connectivity index (χ2v) is 5.15. The van der Waals surface area contributed by atoms with E-state index in [1.54, 1.807) is 0 Å². The maximum absolute atomic E-state index is 12.5. The largest absolute Gasteiger partial charge is 0.507 e. The van der Waals surface area contributed by atoms with Crippen molar-refractivity contribution in [2.45, 2.75) is 6.92 Å². The van der Waals surface area contributed by atoms with Gasteiger partial charge in [-0.2, -0.15) is 0 Å². The lowest BCUT2D eigenvalue weighted by Crippen LogP contribution is -2.22. The summed E-state index contributed by atoms with van der Waals surface area (Å²) >= 11 is 3.04. The first-order valence-corrected chi connectivity index (χ1v) is 6.59. The number of fused-ring (bicyclic) bond motifs is 2. The standard InChI is InChI=1S/C13H7BrN2O5/c1-4(17)15-5-2-3-6(18)8-7(5)10(19)9-12(11(8)20)21-16-13(9)14/h2-3,18H,1H3,(H,15,17). The van der Waals surface area contributed by atoms with Crippen LogP contribution < -0.4 is 5.32 Å². The van der Waals surface area contributed by atoms with Crippen molar-refractivity contribution in [2.75, 3.05) is 5.32 Å². The van der Waals surface area contributed by atoms with Crippen molar-refractivity contribution in [2.24, 2.45) is 0 Å². The summed E-state index contributed by atoms with van der Waals surface area (Å²) in [7, 11) is 0. The third kappa shape index (κ3) is 1.87. The van der Waals surface area contributed by atoms with Crippen molar-refractivity contribution in [1.29, 1.82) is 0 Å². The molecule has 1 aromatic heterocycles.